The molecule has 0 saturated carbocycles. The summed E-state index contributed by atoms with van der Waals surface area (Å²) in [6.45, 7) is 0.224. The smallest absolute Gasteiger partial charge is 0.281 e. The van der Waals surface area contributed by atoms with Gasteiger partial charge in [-0.3, -0.25) is 4.79 Å². The maximum Gasteiger partial charge on any atom is 0.281 e. The predicted molar refractivity (Wildman–Crippen MR) is 145 cm³/mol. The summed E-state index contributed by atoms with van der Waals surface area (Å²) in [6.07, 6.45) is 1.26. The van der Waals surface area contributed by atoms with Gasteiger partial charge < -0.3 is 9.47 Å². The molecule has 2 aliphatic heterocycles. The fraction of sp³-hybridized carbons (Fsp3) is 0.500. The number of para-hydroxylation sites is 1. The maximum absolute atomic E-state index is 13.9. The Morgan fingerprint density at radius 2 is 1.77 bits per heavy atom. The minimum Gasteiger partial charge on any atom is -0.457 e. The molecule has 0 aromatic heterocycles. The zero-order valence-electron chi connectivity index (χ0n) is 22.1. The molecule has 1 amide bonds. The van der Waals surface area contributed by atoms with Gasteiger partial charge >= 0.3 is 0 Å². The van der Waals surface area contributed by atoms with E-state index in [-0.39, 0.29) is 19.5 Å². The molecule has 39 heavy (non-hydrogen) atoms. The highest BCUT2D eigenvalue weighted by Gasteiger charge is 2.49. The van der Waals surface area contributed by atoms with Crippen molar-refractivity contribution in [1.82, 2.24) is 14.1 Å². The number of amides is 1. The first-order valence-corrected chi connectivity index (χ1v) is 15.9. The van der Waals surface area contributed by atoms with Gasteiger partial charge in [0.1, 0.15) is 16.2 Å². The van der Waals surface area contributed by atoms with Gasteiger partial charge in [0.2, 0.25) is 5.91 Å². The van der Waals surface area contributed by atoms with E-state index >= 15 is 0 Å². The highest BCUT2D eigenvalue weighted by Crippen LogP contribution is 2.41. The minimum atomic E-state index is -4.02. The van der Waals surface area contributed by atoms with E-state index in [0.717, 1.165) is 21.5 Å². The normalized spacial score (nSPS) is 24.1. The van der Waals surface area contributed by atoms with Crippen LogP contribution in [0.4, 0.5) is 0 Å². The molecule has 0 spiro atoms. The lowest BCUT2D eigenvalue weighted by Gasteiger charge is -2.32. The van der Waals surface area contributed by atoms with E-state index in [1.807, 2.05) is 18.2 Å². The highest BCUT2D eigenvalue weighted by molar-refractivity contribution is 7.92. The van der Waals surface area contributed by atoms with Crippen molar-refractivity contribution in [3.8, 4) is 11.5 Å². The molecule has 0 bridgehead atoms. The molecule has 1 N–H and O–H groups in total. The van der Waals surface area contributed by atoms with Crippen LogP contribution in [0.15, 0.2) is 54.6 Å². The summed E-state index contributed by atoms with van der Waals surface area (Å²) in [5.41, 5.74) is 2.73. The topological polar surface area (TPSA) is 132 Å². The van der Waals surface area contributed by atoms with E-state index in [0.29, 0.717) is 30.1 Å². The number of sulfone groups is 1. The molecule has 2 heterocycles. The Bertz CT molecular complexity index is 1330. The number of nitrogens with zero attached hydrogens (tertiary/aromatic N) is 2. The van der Waals surface area contributed by atoms with Crippen molar-refractivity contribution in [2.45, 2.75) is 43.1 Å². The number of nitrogens with one attached hydrogen (secondary N) is 1. The van der Waals surface area contributed by atoms with Crippen molar-refractivity contribution in [1.29, 1.82) is 0 Å². The second-order valence-corrected chi connectivity index (χ2v) is 14.4. The van der Waals surface area contributed by atoms with Crippen molar-refractivity contribution in [2.75, 3.05) is 39.5 Å². The number of carbonyl (C=O) groups is 1. The Hall–Kier alpha value is -2.55. The lowest BCUT2D eigenvalue weighted by Crippen LogP contribution is -2.43. The molecule has 2 aliphatic rings. The number of rotatable bonds is 9. The monoisotopic (exact) mass is 581 g/mol. The molecule has 4 rings (SSSR count). The molecule has 13 heteroatoms. The van der Waals surface area contributed by atoms with E-state index in [1.54, 1.807) is 36.4 Å². The second-order valence-electron chi connectivity index (χ2n) is 9.81. The van der Waals surface area contributed by atoms with Crippen LogP contribution in [0, 0.1) is 0 Å². The van der Waals surface area contributed by atoms with Gasteiger partial charge in [-0.2, -0.15) is 17.0 Å². The van der Waals surface area contributed by atoms with Crippen molar-refractivity contribution in [3.63, 3.8) is 0 Å². The number of hydrogen-bond acceptors (Lipinski definition) is 8. The zero-order chi connectivity index (χ0) is 28.1. The molecule has 0 radical (unpaired) electrons. The van der Waals surface area contributed by atoms with E-state index in [2.05, 4.69) is 5.48 Å². The third-order valence-corrected chi connectivity index (χ3v) is 11.4. The number of hydrogen-bond donors (Lipinski definition) is 1. The summed E-state index contributed by atoms with van der Waals surface area (Å²) in [7, 11) is -5.09. The first-order valence-electron chi connectivity index (χ1n) is 12.8. The lowest BCUT2D eigenvalue weighted by molar-refractivity contribution is -0.200. The van der Waals surface area contributed by atoms with Gasteiger partial charge in [-0.05, 0) is 49.1 Å². The van der Waals surface area contributed by atoms with E-state index in [1.165, 1.54) is 14.1 Å². The van der Waals surface area contributed by atoms with Crippen molar-refractivity contribution in [3.05, 3.63) is 60.2 Å². The second kappa shape index (κ2) is 12.3. The summed E-state index contributed by atoms with van der Waals surface area (Å²) in [6, 6.07) is 15.6. The van der Waals surface area contributed by atoms with Gasteiger partial charge in [0.15, 0.2) is 16.1 Å². The van der Waals surface area contributed by atoms with Crippen molar-refractivity contribution >= 4 is 26.0 Å². The summed E-state index contributed by atoms with van der Waals surface area (Å²) >= 11 is 0. The van der Waals surface area contributed by atoms with Gasteiger partial charge in [0.25, 0.3) is 10.2 Å². The molecule has 214 valence electrons. The fourth-order valence-corrected chi connectivity index (χ4v) is 8.08. The largest absolute Gasteiger partial charge is 0.457 e. The van der Waals surface area contributed by atoms with Crippen molar-refractivity contribution in [2.24, 2.45) is 0 Å². The Morgan fingerprint density at radius 3 is 2.41 bits per heavy atom. The van der Waals surface area contributed by atoms with E-state index in [9.17, 15) is 21.6 Å². The summed E-state index contributed by atoms with van der Waals surface area (Å²) < 4.78 is 65.3. The van der Waals surface area contributed by atoms with Crippen LogP contribution in [0.25, 0.3) is 0 Å². The van der Waals surface area contributed by atoms with Crippen molar-refractivity contribution < 1.29 is 35.9 Å². The number of benzene rings is 2. The van der Waals surface area contributed by atoms with Gasteiger partial charge in [0, 0.05) is 40.2 Å². The Balaban J connectivity index is 1.63. The zero-order valence-corrected chi connectivity index (χ0v) is 23.7. The molecule has 2 atom stereocenters. The molecule has 2 saturated heterocycles. The average Bonchev–Trinajstić information content (AvgIpc) is 3.05. The SMILES string of the molecule is CN(C)S(=O)(=O)N1CCC(CC(=O)NOC2CCCCO2)(c2ccc(Oc3ccccc3)cc2)S(=O)(=O)CC1. The highest BCUT2D eigenvalue weighted by atomic mass is 32.2. The molecule has 11 nitrogen and oxygen atoms in total. The van der Waals surface area contributed by atoms with Crippen LogP contribution >= 0.6 is 0 Å². The number of hydroxylamine groups is 1. The lowest BCUT2D eigenvalue weighted by atomic mass is 9.90. The first kappa shape index (κ1) is 29.4. The molecular weight excluding hydrogens is 546 g/mol. The van der Waals surface area contributed by atoms with Crippen LogP contribution < -0.4 is 10.2 Å². The third-order valence-electron chi connectivity index (χ3n) is 7.01. The quantitative estimate of drug-likeness (QED) is 0.447. The molecule has 2 unspecified atom stereocenters. The minimum absolute atomic E-state index is 0.0815. The molecule has 0 aliphatic carbocycles. The van der Waals surface area contributed by atoms with Crippen LogP contribution in [0.3, 0.4) is 0 Å². The van der Waals surface area contributed by atoms with Crippen LogP contribution in [0.5, 0.6) is 11.5 Å². The molecule has 2 aromatic rings. The van der Waals surface area contributed by atoms with E-state index < -0.39 is 49.2 Å². The molecule has 2 aromatic carbocycles. The van der Waals surface area contributed by atoms with Crippen LogP contribution in [-0.4, -0.2) is 77.2 Å². The Morgan fingerprint density at radius 1 is 1.08 bits per heavy atom. The summed E-state index contributed by atoms with van der Waals surface area (Å²) in [4.78, 5) is 18.5. The number of carbonyl (C=O) groups excluding carboxylic acids is 1. The van der Waals surface area contributed by atoms with Crippen LogP contribution in [0.1, 0.15) is 37.7 Å². The molecular formula is C26H35N3O8S2. The van der Waals surface area contributed by atoms with Crippen LogP contribution in [0.2, 0.25) is 0 Å². The fourth-order valence-electron chi connectivity index (χ4n) is 4.76. The number of ether oxygens (including phenoxy) is 2. The van der Waals surface area contributed by atoms with Gasteiger partial charge in [-0.15, -0.1) is 0 Å². The standard InChI is InChI=1S/C26H35N3O8S2/c1-28(2)39(33,34)29-16-15-26(38(31,32)19-17-29,20-24(30)27-37-25-10-6-7-18-35-25)21-11-13-23(14-12-21)36-22-8-4-3-5-9-22/h3-5,8-9,11-14,25H,6-7,10,15-20H2,1-2H3,(H,27,30). The van der Waals surface area contributed by atoms with Gasteiger partial charge in [-0.25, -0.2) is 18.7 Å². The van der Waals surface area contributed by atoms with Gasteiger partial charge in [-0.1, -0.05) is 30.3 Å². The first-order chi connectivity index (χ1) is 18.5. The maximum atomic E-state index is 13.9. The predicted octanol–water partition coefficient (Wildman–Crippen LogP) is 2.57. The Kier molecular flexibility index (Phi) is 9.29. The summed E-state index contributed by atoms with van der Waals surface area (Å²) in [5, 5.41) is 0. The Labute approximate surface area is 230 Å². The van der Waals surface area contributed by atoms with Gasteiger partial charge in [0.05, 0.1) is 12.2 Å². The van der Waals surface area contributed by atoms with Crippen LogP contribution in [-0.2, 0) is 39.2 Å². The molecule has 2 fully saturated rings. The summed E-state index contributed by atoms with van der Waals surface area (Å²) in [5.74, 6) is 0.0295. The average molecular weight is 582 g/mol. The van der Waals surface area contributed by atoms with E-state index in [4.69, 9.17) is 14.3 Å². The third kappa shape index (κ3) is 6.79.